The van der Waals surface area contributed by atoms with Gasteiger partial charge in [-0.25, -0.2) is 0 Å². The molecule has 0 spiro atoms. The minimum Gasteiger partial charge on any atom is -0.342 e. The molecule has 0 aromatic heterocycles. The molecule has 1 fully saturated rings. The number of carbonyl (C=O) groups excluding carboxylic acids is 1. The minimum atomic E-state index is -4.91. The molecule has 0 unspecified atom stereocenters. The molecule has 0 N–H and O–H groups in total. The van der Waals surface area contributed by atoms with Gasteiger partial charge in [-0.05, 0) is 19.3 Å². The summed E-state index contributed by atoms with van der Waals surface area (Å²) in [5.74, 6) is -0.850. The van der Waals surface area contributed by atoms with Crippen LogP contribution in [0.4, 0.5) is 26.3 Å². The normalized spacial score (nSPS) is 17.4. The van der Waals surface area contributed by atoms with Crippen molar-refractivity contribution in [3.63, 3.8) is 0 Å². The van der Waals surface area contributed by atoms with Gasteiger partial charge in [0.2, 0.25) is 5.91 Å². The molecule has 1 heterocycles. The van der Waals surface area contributed by atoms with Gasteiger partial charge in [-0.1, -0.05) is 0 Å². The molecule has 1 aliphatic rings. The van der Waals surface area contributed by atoms with Crippen LogP contribution in [0.25, 0.3) is 0 Å². The summed E-state index contributed by atoms with van der Waals surface area (Å²) >= 11 is 0. The van der Waals surface area contributed by atoms with Crippen LogP contribution < -0.4 is 0 Å². The van der Waals surface area contributed by atoms with Crippen LogP contribution in [0.2, 0.25) is 0 Å². The van der Waals surface area contributed by atoms with Crippen LogP contribution in [0, 0.1) is 0 Å². The van der Waals surface area contributed by atoms with Gasteiger partial charge in [0.05, 0.1) is 0 Å². The highest BCUT2D eigenvalue weighted by Gasteiger charge is 2.40. The van der Waals surface area contributed by atoms with Crippen LogP contribution in [0.3, 0.4) is 0 Å². The number of carbonyl (C=O) groups is 1. The fourth-order valence-corrected chi connectivity index (χ4v) is 3.36. The minimum absolute atomic E-state index is 0.303. The SMILES string of the molecule is O=C(CP(=O)(OCC(F)(F)F)OCC(F)(F)F)N1CCCCC1. The third-order valence-electron chi connectivity index (χ3n) is 2.89. The Bertz CT molecular complexity index is 425. The summed E-state index contributed by atoms with van der Waals surface area (Å²) in [7, 11) is -4.87. The Morgan fingerprint density at radius 3 is 1.74 bits per heavy atom. The van der Waals surface area contributed by atoms with Crippen molar-refractivity contribution >= 4 is 13.5 Å². The molecule has 1 saturated heterocycles. The summed E-state index contributed by atoms with van der Waals surface area (Å²) < 4.78 is 92.9. The number of alkyl halides is 6. The molecule has 1 amide bonds. The largest absolute Gasteiger partial charge is 0.412 e. The van der Waals surface area contributed by atoms with E-state index in [0.717, 1.165) is 6.42 Å². The van der Waals surface area contributed by atoms with Crippen LogP contribution in [0.5, 0.6) is 0 Å². The van der Waals surface area contributed by atoms with E-state index in [2.05, 4.69) is 9.05 Å². The van der Waals surface area contributed by atoms with E-state index in [1.807, 2.05) is 0 Å². The molecule has 0 bridgehead atoms. The molecule has 1 aliphatic heterocycles. The van der Waals surface area contributed by atoms with Crippen LogP contribution in [-0.2, 0) is 18.4 Å². The van der Waals surface area contributed by atoms with E-state index in [9.17, 15) is 35.7 Å². The zero-order valence-corrected chi connectivity index (χ0v) is 12.8. The molecule has 136 valence electrons. The van der Waals surface area contributed by atoms with E-state index in [4.69, 9.17) is 0 Å². The van der Waals surface area contributed by atoms with Crippen molar-refractivity contribution < 1.29 is 44.7 Å². The summed E-state index contributed by atoms with van der Waals surface area (Å²) in [6.07, 6.45) is -8.81. The van der Waals surface area contributed by atoms with E-state index < -0.39 is 45.2 Å². The van der Waals surface area contributed by atoms with Gasteiger partial charge in [-0.3, -0.25) is 18.4 Å². The van der Waals surface area contributed by atoms with Crippen molar-refractivity contribution in [3.05, 3.63) is 0 Å². The summed E-state index contributed by atoms with van der Waals surface area (Å²) in [4.78, 5) is 13.1. The van der Waals surface area contributed by atoms with E-state index in [1.54, 1.807) is 0 Å². The predicted octanol–water partition coefficient (Wildman–Crippen LogP) is 3.35. The molecule has 23 heavy (non-hydrogen) atoms. The number of hydrogen-bond acceptors (Lipinski definition) is 4. The first-order chi connectivity index (χ1) is 10.4. The van der Waals surface area contributed by atoms with E-state index in [1.165, 1.54) is 4.90 Å². The maximum atomic E-state index is 12.1. The Morgan fingerprint density at radius 1 is 0.913 bits per heavy atom. The Hall–Kier alpha value is -0.800. The van der Waals surface area contributed by atoms with E-state index in [0.29, 0.717) is 25.9 Å². The van der Waals surface area contributed by atoms with Gasteiger partial charge in [0, 0.05) is 13.1 Å². The van der Waals surface area contributed by atoms with Crippen LogP contribution in [0.1, 0.15) is 19.3 Å². The highest BCUT2D eigenvalue weighted by Crippen LogP contribution is 2.50. The lowest BCUT2D eigenvalue weighted by Gasteiger charge is -2.28. The van der Waals surface area contributed by atoms with Gasteiger partial charge in [0.25, 0.3) is 0 Å². The molecule has 0 aromatic rings. The monoisotopic (exact) mass is 371 g/mol. The van der Waals surface area contributed by atoms with Crippen LogP contribution >= 0.6 is 7.60 Å². The van der Waals surface area contributed by atoms with Crippen LogP contribution in [0.15, 0.2) is 0 Å². The van der Waals surface area contributed by atoms with Crippen molar-refractivity contribution in [1.82, 2.24) is 4.90 Å². The first-order valence-corrected chi connectivity index (χ1v) is 8.42. The summed E-state index contributed by atoms with van der Waals surface area (Å²) in [5.41, 5.74) is 0. The average molecular weight is 371 g/mol. The maximum absolute atomic E-state index is 12.1. The van der Waals surface area contributed by atoms with Crippen molar-refractivity contribution in [2.45, 2.75) is 31.6 Å². The molecular formula is C11H16F6NO4P. The highest BCUT2D eigenvalue weighted by atomic mass is 31.2. The predicted molar refractivity (Wildman–Crippen MR) is 66.9 cm³/mol. The van der Waals surface area contributed by atoms with Crippen molar-refractivity contribution in [1.29, 1.82) is 0 Å². The third kappa shape index (κ3) is 8.57. The quantitative estimate of drug-likeness (QED) is 0.531. The van der Waals surface area contributed by atoms with Gasteiger partial charge >= 0.3 is 19.9 Å². The topological polar surface area (TPSA) is 55.8 Å². The third-order valence-corrected chi connectivity index (χ3v) is 4.59. The Morgan fingerprint density at radius 2 is 1.35 bits per heavy atom. The first-order valence-electron chi connectivity index (χ1n) is 6.70. The van der Waals surface area contributed by atoms with Crippen LogP contribution in [-0.4, -0.2) is 55.6 Å². The summed E-state index contributed by atoms with van der Waals surface area (Å²) in [6, 6.07) is 0. The van der Waals surface area contributed by atoms with Gasteiger partial charge < -0.3 is 4.90 Å². The Balaban J connectivity index is 2.72. The second-order valence-electron chi connectivity index (χ2n) is 4.99. The van der Waals surface area contributed by atoms with Crippen molar-refractivity contribution in [2.75, 3.05) is 32.5 Å². The molecule has 5 nitrogen and oxygen atoms in total. The zero-order chi connectivity index (χ0) is 17.7. The average Bonchev–Trinajstić information content (AvgIpc) is 2.43. The van der Waals surface area contributed by atoms with Crippen molar-refractivity contribution in [3.8, 4) is 0 Å². The summed E-state index contributed by atoms with van der Waals surface area (Å²) in [6.45, 7) is -3.51. The standard InChI is InChI=1S/C11H16F6NO4P/c12-10(13,14)7-21-23(20,22-8-11(15,16)17)6-9(19)18-4-2-1-3-5-18/h1-8H2. The number of amides is 1. The Kier molecular flexibility index (Phi) is 6.91. The van der Waals surface area contributed by atoms with Gasteiger partial charge in [-0.15, -0.1) is 0 Å². The number of piperidine rings is 1. The number of rotatable bonds is 6. The van der Waals surface area contributed by atoms with Gasteiger partial charge in [0.1, 0.15) is 6.16 Å². The molecule has 0 aromatic carbocycles. The van der Waals surface area contributed by atoms with Crippen molar-refractivity contribution in [2.24, 2.45) is 0 Å². The van der Waals surface area contributed by atoms with E-state index >= 15 is 0 Å². The second-order valence-corrected chi connectivity index (χ2v) is 7.04. The van der Waals surface area contributed by atoms with Gasteiger partial charge in [0.15, 0.2) is 13.2 Å². The molecule has 0 radical (unpaired) electrons. The Labute approximate surface area is 128 Å². The smallest absolute Gasteiger partial charge is 0.342 e. The first kappa shape index (κ1) is 20.2. The molecule has 0 saturated carbocycles. The lowest BCUT2D eigenvalue weighted by atomic mass is 10.1. The molecule has 1 rings (SSSR count). The second kappa shape index (κ2) is 7.85. The van der Waals surface area contributed by atoms with E-state index in [-0.39, 0.29) is 0 Å². The lowest BCUT2D eigenvalue weighted by molar-refractivity contribution is -0.165. The highest BCUT2D eigenvalue weighted by molar-refractivity contribution is 7.54. The number of likely N-dealkylation sites (tertiary alicyclic amines) is 1. The molecular weight excluding hydrogens is 355 g/mol. The molecule has 0 aliphatic carbocycles. The fraction of sp³-hybridized carbons (Fsp3) is 0.909. The molecule has 12 heteroatoms. The summed E-state index contributed by atoms with van der Waals surface area (Å²) in [5, 5.41) is 0. The number of nitrogens with zero attached hydrogens (tertiary/aromatic N) is 1. The molecule has 0 atom stereocenters. The zero-order valence-electron chi connectivity index (χ0n) is 12.0. The fourth-order valence-electron chi connectivity index (χ4n) is 1.88. The lowest BCUT2D eigenvalue weighted by Crippen LogP contribution is -2.38. The van der Waals surface area contributed by atoms with Gasteiger partial charge in [-0.2, -0.15) is 26.3 Å². The number of halogens is 6. The number of hydrogen-bond donors (Lipinski definition) is 0. The maximum Gasteiger partial charge on any atom is 0.412 e.